The summed E-state index contributed by atoms with van der Waals surface area (Å²) in [6.45, 7) is 2.95. The Balaban J connectivity index is 1.97. The van der Waals surface area contributed by atoms with Gasteiger partial charge in [-0.2, -0.15) is 0 Å². The molecule has 5 heteroatoms. The van der Waals surface area contributed by atoms with Crippen LogP contribution >= 0.6 is 11.6 Å². The first-order valence-electron chi connectivity index (χ1n) is 8.43. The minimum Gasteiger partial charge on any atom is -0.496 e. The van der Waals surface area contributed by atoms with Gasteiger partial charge >= 0.3 is 0 Å². The highest BCUT2D eigenvalue weighted by Crippen LogP contribution is 2.48. The number of halogens is 1. The molecular formula is C20H21ClO4. The molecule has 1 heterocycles. The van der Waals surface area contributed by atoms with E-state index in [1.54, 1.807) is 19.1 Å². The molecule has 4 nitrogen and oxygen atoms in total. The summed E-state index contributed by atoms with van der Waals surface area (Å²) < 4.78 is 10.8. The van der Waals surface area contributed by atoms with Crippen LogP contribution in [0.15, 0.2) is 12.1 Å². The average Bonchev–Trinajstić information content (AvgIpc) is 2.56. The number of Topliss-reactive ketones (excluding diaryl/α,β-unsaturated/α-hetero) is 2. The average molecular weight is 361 g/mol. The highest BCUT2D eigenvalue weighted by Gasteiger charge is 2.47. The molecule has 0 aromatic heterocycles. The van der Waals surface area contributed by atoms with Crippen molar-refractivity contribution in [3.05, 3.63) is 28.3 Å². The monoisotopic (exact) mass is 360 g/mol. The summed E-state index contributed by atoms with van der Waals surface area (Å²) in [5.41, 5.74) is 0.934. The molecule has 1 saturated heterocycles. The Hall–Kier alpha value is -1.83. The molecule has 0 amide bonds. The van der Waals surface area contributed by atoms with Crippen molar-refractivity contribution in [3.8, 4) is 17.6 Å². The predicted octanol–water partition coefficient (Wildman–Crippen LogP) is 3.53. The van der Waals surface area contributed by atoms with E-state index in [-0.39, 0.29) is 17.0 Å². The summed E-state index contributed by atoms with van der Waals surface area (Å²) in [7, 11) is 1.51. The second-order valence-corrected chi connectivity index (χ2v) is 7.19. The first-order valence-corrected chi connectivity index (χ1v) is 8.81. The van der Waals surface area contributed by atoms with Gasteiger partial charge in [0.25, 0.3) is 0 Å². The number of hydrogen-bond acceptors (Lipinski definition) is 4. The van der Waals surface area contributed by atoms with Crippen LogP contribution in [0.3, 0.4) is 0 Å². The molecular weight excluding hydrogens is 340 g/mol. The third-order valence-electron chi connectivity index (χ3n) is 5.17. The van der Waals surface area contributed by atoms with Crippen molar-refractivity contribution >= 4 is 23.2 Å². The largest absolute Gasteiger partial charge is 0.496 e. The maximum atomic E-state index is 12.9. The van der Waals surface area contributed by atoms with Gasteiger partial charge < -0.3 is 9.47 Å². The van der Waals surface area contributed by atoms with Crippen molar-refractivity contribution in [3.63, 3.8) is 0 Å². The number of ketones is 2. The minimum atomic E-state index is -0.848. The molecule has 1 aromatic rings. The van der Waals surface area contributed by atoms with Crippen LogP contribution in [0.2, 0.25) is 5.02 Å². The molecule has 1 spiro atoms. The lowest BCUT2D eigenvalue weighted by molar-refractivity contribution is -0.139. The van der Waals surface area contributed by atoms with Crippen molar-refractivity contribution in [2.24, 2.45) is 5.41 Å². The van der Waals surface area contributed by atoms with Gasteiger partial charge in [0, 0.05) is 42.2 Å². The van der Waals surface area contributed by atoms with Gasteiger partial charge in [-0.1, -0.05) is 17.5 Å². The summed E-state index contributed by atoms with van der Waals surface area (Å²) in [6, 6.07) is 3.42. The number of benzene rings is 1. The van der Waals surface area contributed by atoms with Crippen LogP contribution in [0, 0.1) is 17.3 Å². The van der Waals surface area contributed by atoms with E-state index in [9.17, 15) is 9.59 Å². The molecule has 1 saturated carbocycles. The summed E-state index contributed by atoms with van der Waals surface area (Å²) in [5.74, 6) is 5.18. The fourth-order valence-corrected chi connectivity index (χ4v) is 4.24. The minimum absolute atomic E-state index is 0.0762. The molecule has 1 aliphatic heterocycles. The van der Waals surface area contributed by atoms with Crippen LogP contribution < -0.4 is 4.74 Å². The fraction of sp³-hybridized carbons (Fsp3) is 0.500. The molecule has 1 aromatic carbocycles. The first-order chi connectivity index (χ1) is 12.0. The molecule has 25 heavy (non-hydrogen) atoms. The van der Waals surface area contributed by atoms with Crippen molar-refractivity contribution < 1.29 is 19.1 Å². The van der Waals surface area contributed by atoms with Gasteiger partial charge in [0.15, 0.2) is 0 Å². The number of ether oxygens (including phenoxy) is 2. The Bertz CT molecular complexity index is 746. The maximum absolute atomic E-state index is 12.9. The van der Waals surface area contributed by atoms with Crippen LogP contribution in [0.4, 0.5) is 0 Å². The van der Waals surface area contributed by atoms with Crippen molar-refractivity contribution in [2.75, 3.05) is 20.3 Å². The van der Waals surface area contributed by atoms with Gasteiger partial charge in [0.2, 0.25) is 0 Å². The summed E-state index contributed by atoms with van der Waals surface area (Å²) >= 11 is 6.42. The molecule has 0 bridgehead atoms. The lowest BCUT2D eigenvalue weighted by Crippen LogP contribution is -2.42. The van der Waals surface area contributed by atoms with E-state index in [0.717, 1.165) is 12.8 Å². The highest BCUT2D eigenvalue weighted by molar-refractivity contribution is 6.32. The Morgan fingerprint density at radius 1 is 1.20 bits per heavy atom. The number of carbonyl (C=O) groups excluding carboxylic acids is 2. The Morgan fingerprint density at radius 3 is 2.40 bits per heavy atom. The van der Waals surface area contributed by atoms with Gasteiger partial charge in [0.1, 0.15) is 23.2 Å². The van der Waals surface area contributed by atoms with Gasteiger partial charge in [-0.25, -0.2) is 0 Å². The fourth-order valence-electron chi connectivity index (χ4n) is 3.92. The maximum Gasteiger partial charge on any atom is 0.148 e. The molecule has 0 radical (unpaired) electrons. The summed E-state index contributed by atoms with van der Waals surface area (Å²) in [4.78, 5) is 25.8. The zero-order valence-corrected chi connectivity index (χ0v) is 15.2. The summed E-state index contributed by atoms with van der Waals surface area (Å²) in [6.07, 6.45) is 2.30. The highest BCUT2D eigenvalue weighted by atomic mass is 35.5. The van der Waals surface area contributed by atoms with Crippen LogP contribution in [0.25, 0.3) is 0 Å². The molecule has 0 atom stereocenters. The summed E-state index contributed by atoms with van der Waals surface area (Å²) in [5, 5.41) is 0.353. The Labute approximate surface area is 152 Å². The van der Waals surface area contributed by atoms with Crippen molar-refractivity contribution in [1.29, 1.82) is 0 Å². The lowest BCUT2D eigenvalue weighted by atomic mass is 9.64. The van der Waals surface area contributed by atoms with E-state index in [1.165, 1.54) is 7.11 Å². The van der Waals surface area contributed by atoms with Gasteiger partial charge in [-0.15, -0.1) is 5.92 Å². The number of rotatable bonds is 2. The second kappa shape index (κ2) is 7.19. The van der Waals surface area contributed by atoms with E-state index >= 15 is 0 Å². The number of methoxy groups -OCH3 is 1. The molecule has 0 unspecified atom stereocenters. The van der Waals surface area contributed by atoms with Crippen LogP contribution in [-0.2, 0) is 14.3 Å². The number of hydrogen-bond donors (Lipinski definition) is 0. The van der Waals surface area contributed by atoms with E-state index < -0.39 is 5.92 Å². The van der Waals surface area contributed by atoms with Crippen LogP contribution in [-0.4, -0.2) is 31.9 Å². The molecule has 1 aliphatic carbocycles. The topological polar surface area (TPSA) is 52.6 Å². The van der Waals surface area contributed by atoms with Gasteiger partial charge in [-0.3, -0.25) is 9.59 Å². The van der Waals surface area contributed by atoms with Crippen molar-refractivity contribution in [2.45, 2.75) is 38.5 Å². The van der Waals surface area contributed by atoms with Crippen LogP contribution in [0.5, 0.6) is 5.75 Å². The first kappa shape index (κ1) is 18.0. The van der Waals surface area contributed by atoms with E-state index in [2.05, 4.69) is 11.8 Å². The second-order valence-electron chi connectivity index (χ2n) is 6.78. The Morgan fingerprint density at radius 2 is 1.84 bits per heavy atom. The quantitative estimate of drug-likeness (QED) is 0.598. The predicted molar refractivity (Wildman–Crippen MR) is 95.0 cm³/mol. The van der Waals surface area contributed by atoms with Crippen LogP contribution in [0.1, 0.15) is 49.7 Å². The zero-order valence-electron chi connectivity index (χ0n) is 14.5. The van der Waals surface area contributed by atoms with E-state index in [0.29, 0.717) is 48.0 Å². The third kappa shape index (κ3) is 3.44. The zero-order chi connectivity index (χ0) is 18.0. The molecule has 3 rings (SSSR count). The lowest BCUT2D eigenvalue weighted by Gasteiger charge is -2.41. The molecule has 2 fully saturated rings. The smallest absolute Gasteiger partial charge is 0.148 e. The molecule has 2 aliphatic rings. The molecule has 0 N–H and O–H groups in total. The molecule has 132 valence electrons. The van der Waals surface area contributed by atoms with Gasteiger partial charge in [0.05, 0.1) is 7.11 Å². The van der Waals surface area contributed by atoms with Crippen molar-refractivity contribution in [1.82, 2.24) is 0 Å². The standard InChI is InChI=1S/C20H21ClO4/c1-3-4-13-9-14(21)18(17(10-13)24-2)19-15(22)11-20(12-16(19)23)5-7-25-8-6-20/h9-10,19H,5-8,11-12H2,1-2H3. The Kier molecular flexibility index (Phi) is 5.17. The van der Waals surface area contributed by atoms with E-state index in [4.69, 9.17) is 21.1 Å². The van der Waals surface area contributed by atoms with E-state index in [1.807, 2.05) is 0 Å². The van der Waals surface area contributed by atoms with Gasteiger partial charge in [-0.05, 0) is 37.3 Å². The SMILES string of the molecule is CC#Cc1cc(Cl)c(C2C(=O)CC3(CCOCC3)CC2=O)c(OC)c1. The third-order valence-corrected chi connectivity index (χ3v) is 5.48. The number of carbonyl (C=O) groups is 2. The normalized spacial score (nSPS) is 20.3.